The Morgan fingerprint density at radius 1 is 1.00 bits per heavy atom. The van der Waals surface area contributed by atoms with Crippen molar-refractivity contribution in [1.29, 1.82) is 0 Å². The topological polar surface area (TPSA) is 103 Å². The molecular weight excluding hydrogens is 450 g/mol. The third-order valence-corrected chi connectivity index (χ3v) is 7.12. The first-order valence-electron chi connectivity index (χ1n) is 11.3. The van der Waals surface area contributed by atoms with Crippen molar-refractivity contribution in [2.75, 3.05) is 18.4 Å². The van der Waals surface area contributed by atoms with Crippen LogP contribution in [-0.4, -0.2) is 43.3 Å². The minimum absolute atomic E-state index is 0.0743. The van der Waals surface area contributed by atoms with Gasteiger partial charge in [0.2, 0.25) is 0 Å². The Balaban J connectivity index is 1.33. The van der Waals surface area contributed by atoms with Gasteiger partial charge in [0.15, 0.2) is 0 Å². The van der Waals surface area contributed by atoms with Gasteiger partial charge in [-0.1, -0.05) is 48.0 Å². The predicted molar refractivity (Wildman–Crippen MR) is 132 cm³/mol. The molecule has 4 rings (SSSR count). The molecule has 34 heavy (non-hydrogen) atoms. The van der Waals surface area contributed by atoms with Crippen LogP contribution in [-0.2, 0) is 16.6 Å². The molecule has 2 heterocycles. The van der Waals surface area contributed by atoms with Crippen LogP contribution in [0.1, 0.15) is 34.3 Å². The summed E-state index contributed by atoms with van der Waals surface area (Å²) in [5.74, 6) is -0.135. The van der Waals surface area contributed by atoms with Gasteiger partial charge in [0, 0.05) is 31.9 Å². The Morgan fingerprint density at radius 2 is 1.71 bits per heavy atom. The van der Waals surface area contributed by atoms with Gasteiger partial charge >= 0.3 is 0 Å². The molecule has 0 aliphatic carbocycles. The molecule has 0 unspecified atom stereocenters. The van der Waals surface area contributed by atoms with Crippen molar-refractivity contribution >= 4 is 21.7 Å². The first-order valence-corrected chi connectivity index (χ1v) is 12.8. The van der Waals surface area contributed by atoms with Crippen molar-refractivity contribution in [3.8, 4) is 0 Å². The Hall–Kier alpha value is -3.27. The van der Waals surface area contributed by atoms with Gasteiger partial charge < -0.3 is 5.32 Å². The summed E-state index contributed by atoms with van der Waals surface area (Å²) in [6.45, 7) is 4.68. The fourth-order valence-electron chi connectivity index (χ4n) is 3.93. The summed E-state index contributed by atoms with van der Waals surface area (Å²) < 4.78 is 25.0. The van der Waals surface area contributed by atoms with Crippen LogP contribution in [0, 0.1) is 6.92 Å². The van der Waals surface area contributed by atoms with E-state index < -0.39 is 15.9 Å². The number of hydrogen-bond acceptors (Lipinski definition) is 6. The minimum Gasteiger partial charge on any atom is -0.367 e. The summed E-state index contributed by atoms with van der Waals surface area (Å²) in [5.41, 5.74) is 4.82. The van der Waals surface area contributed by atoms with E-state index >= 15 is 0 Å². The number of carbonyl (C=O) groups excluding carboxylic acids is 1. The number of piperidine rings is 1. The fourth-order valence-corrected chi connectivity index (χ4v) is 4.77. The number of carbonyl (C=O) groups is 1. The second kappa shape index (κ2) is 10.8. The highest BCUT2D eigenvalue weighted by Crippen LogP contribution is 2.20. The second-order valence-electron chi connectivity index (χ2n) is 8.45. The zero-order chi connectivity index (χ0) is 24.0. The van der Waals surface area contributed by atoms with Crippen LogP contribution in [0.4, 0.5) is 5.82 Å². The second-order valence-corrected chi connectivity index (χ2v) is 10.1. The maximum absolute atomic E-state index is 12.8. The number of hydrazine groups is 1. The highest BCUT2D eigenvalue weighted by atomic mass is 32.2. The van der Waals surface area contributed by atoms with E-state index in [9.17, 15) is 13.2 Å². The molecule has 0 spiro atoms. The van der Waals surface area contributed by atoms with Crippen molar-refractivity contribution < 1.29 is 13.2 Å². The third kappa shape index (κ3) is 6.19. The molecule has 2 aromatic carbocycles. The average Bonchev–Trinajstić information content (AvgIpc) is 2.85. The molecule has 0 saturated carbocycles. The Labute approximate surface area is 200 Å². The van der Waals surface area contributed by atoms with Crippen LogP contribution < -0.4 is 15.6 Å². The van der Waals surface area contributed by atoms with Gasteiger partial charge in [-0.05, 0) is 49.6 Å². The Kier molecular flexibility index (Phi) is 7.56. The van der Waals surface area contributed by atoms with Crippen LogP contribution in [0.3, 0.4) is 0 Å². The Bertz CT molecular complexity index is 1210. The van der Waals surface area contributed by atoms with Crippen molar-refractivity contribution in [2.45, 2.75) is 37.2 Å². The predicted octanol–water partition coefficient (Wildman–Crippen LogP) is 3.09. The van der Waals surface area contributed by atoms with Gasteiger partial charge in [-0.2, -0.15) is 0 Å². The lowest BCUT2D eigenvalue weighted by Gasteiger charge is -2.32. The molecule has 8 nitrogen and oxygen atoms in total. The van der Waals surface area contributed by atoms with Crippen molar-refractivity contribution in [1.82, 2.24) is 20.1 Å². The SMILES string of the molecule is Cc1ccc(S(=O)(=O)NNC(=O)c2cccnc2NC2CCN(Cc3ccccc3)CC2)cc1. The lowest BCUT2D eigenvalue weighted by Crippen LogP contribution is -2.42. The smallest absolute Gasteiger partial charge is 0.269 e. The number of hydrogen-bond donors (Lipinski definition) is 3. The number of pyridine rings is 1. The van der Waals surface area contributed by atoms with Gasteiger partial charge in [-0.15, -0.1) is 4.83 Å². The van der Waals surface area contributed by atoms with Crippen LogP contribution >= 0.6 is 0 Å². The minimum atomic E-state index is -3.88. The van der Waals surface area contributed by atoms with E-state index in [0.29, 0.717) is 5.82 Å². The van der Waals surface area contributed by atoms with Crippen LogP contribution in [0.25, 0.3) is 0 Å². The molecule has 0 bridgehead atoms. The van der Waals surface area contributed by atoms with E-state index in [0.717, 1.165) is 38.0 Å². The van der Waals surface area contributed by atoms with Gasteiger partial charge in [0.05, 0.1) is 10.5 Å². The van der Waals surface area contributed by atoms with Crippen molar-refractivity contribution in [3.05, 3.63) is 89.6 Å². The number of aryl methyl sites for hydroxylation is 1. The van der Waals surface area contributed by atoms with Crippen LogP contribution in [0.2, 0.25) is 0 Å². The highest BCUT2D eigenvalue weighted by molar-refractivity contribution is 7.89. The maximum atomic E-state index is 12.8. The summed E-state index contributed by atoms with van der Waals surface area (Å²) in [6, 6.07) is 20.2. The van der Waals surface area contributed by atoms with Gasteiger partial charge in [-0.25, -0.2) is 13.4 Å². The monoisotopic (exact) mass is 479 g/mol. The summed E-state index contributed by atoms with van der Waals surface area (Å²) in [7, 11) is -3.88. The number of amides is 1. The van der Waals surface area contributed by atoms with Gasteiger partial charge in [-0.3, -0.25) is 15.1 Å². The van der Waals surface area contributed by atoms with E-state index in [1.54, 1.807) is 30.5 Å². The molecule has 0 atom stereocenters. The van der Waals surface area contributed by atoms with E-state index in [1.807, 2.05) is 13.0 Å². The fraction of sp³-hybridized carbons (Fsp3) is 0.280. The molecule has 178 valence electrons. The molecule has 1 fully saturated rings. The molecule has 1 aromatic heterocycles. The lowest BCUT2D eigenvalue weighted by molar-refractivity contribution is 0.0945. The molecule has 9 heteroatoms. The molecule has 1 aliphatic heterocycles. The lowest BCUT2D eigenvalue weighted by atomic mass is 10.0. The first kappa shape index (κ1) is 23.9. The van der Waals surface area contributed by atoms with Crippen LogP contribution in [0.15, 0.2) is 77.8 Å². The largest absolute Gasteiger partial charge is 0.367 e. The van der Waals surface area contributed by atoms with E-state index in [1.165, 1.54) is 17.7 Å². The molecule has 1 saturated heterocycles. The number of sulfonamides is 1. The first-order chi connectivity index (χ1) is 16.4. The van der Waals surface area contributed by atoms with Crippen LogP contribution in [0.5, 0.6) is 0 Å². The number of likely N-dealkylation sites (tertiary alicyclic amines) is 1. The number of anilines is 1. The zero-order valence-electron chi connectivity index (χ0n) is 19.1. The number of rotatable bonds is 8. The average molecular weight is 480 g/mol. The van der Waals surface area contributed by atoms with Crippen molar-refractivity contribution in [2.24, 2.45) is 0 Å². The van der Waals surface area contributed by atoms with Gasteiger partial charge in [0.1, 0.15) is 5.82 Å². The molecule has 3 aromatic rings. The summed E-state index contributed by atoms with van der Waals surface area (Å²) in [4.78, 5) is 21.8. The quantitative estimate of drug-likeness (QED) is 0.429. The number of benzene rings is 2. The Morgan fingerprint density at radius 3 is 2.41 bits per heavy atom. The summed E-state index contributed by atoms with van der Waals surface area (Å²) in [6.07, 6.45) is 3.45. The summed E-state index contributed by atoms with van der Waals surface area (Å²) >= 11 is 0. The van der Waals surface area contributed by atoms with E-state index in [-0.39, 0.29) is 16.5 Å². The number of nitrogens with zero attached hydrogens (tertiary/aromatic N) is 2. The standard InChI is InChI=1S/C25H29N5O3S/c1-19-9-11-22(12-10-19)34(32,33)29-28-25(31)23-8-5-15-26-24(23)27-21-13-16-30(17-14-21)18-20-6-3-2-4-7-20/h2-12,15,21,29H,13-14,16-18H2,1H3,(H,26,27)(H,28,31). The highest BCUT2D eigenvalue weighted by Gasteiger charge is 2.22. The van der Waals surface area contributed by atoms with Crippen molar-refractivity contribution in [3.63, 3.8) is 0 Å². The number of nitrogens with one attached hydrogen (secondary N) is 3. The maximum Gasteiger partial charge on any atom is 0.269 e. The number of aromatic nitrogens is 1. The zero-order valence-corrected chi connectivity index (χ0v) is 19.9. The molecule has 1 aliphatic rings. The van der Waals surface area contributed by atoms with E-state index in [2.05, 4.69) is 49.7 Å². The third-order valence-electron chi connectivity index (χ3n) is 5.86. The molecule has 3 N–H and O–H groups in total. The normalized spacial score (nSPS) is 15.1. The molecule has 1 amide bonds. The van der Waals surface area contributed by atoms with Gasteiger partial charge in [0.25, 0.3) is 15.9 Å². The van der Waals surface area contributed by atoms with E-state index in [4.69, 9.17) is 0 Å². The molecular formula is C25H29N5O3S. The summed E-state index contributed by atoms with van der Waals surface area (Å²) in [5, 5.41) is 3.37. The molecule has 0 radical (unpaired) electrons.